The highest BCUT2D eigenvalue weighted by Gasteiger charge is 1.90. The number of nitrogens with zero attached hydrogens (tertiary/aromatic N) is 3. The van der Waals surface area contributed by atoms with Crippen LogP contribution in [-0.4, -0.2) is 9.78 Å². The van der Waals surface area contributed by atoms with Crippen LogP contribution in [0.3, 0.4) is 0 Å². The molecule has 3 heteroatoms. The van der Waals surface area contributed by atoms with Gasteiger partial charge in [0.2, 0.25) is 0 Å². The molecular weight excluding hydrogens is 126 g/mol. The predicted molar refractivity (Wildman–Crippen MR) is 37.2 cm³/mol. The largest absolute Gasteiger partial charge is 0.271 e. The van der Waals surface area contributed by atoms with Crippen LogP contribution in [0.5, 0.6) is 0 Å². The molecule has 0 fully saturated rings. The van der Waals surface area contributed by atoms with E-state index in [0.29, 0.717) is 13.0 Å². The standard InChI is InChI=1S/C7H9N3/c1-7-3-6-10(9-7)5-2-4-8/h3,6H,2,5H2,1H3. The van der Waals surface area contributed by atoms with E-state index >= 15 is 0 Å². The summed E-state index contributed by atoms with van der Waals surface area (Å²) in [5.74, 6) is 0. The fourth-order valence-corrected chi connectivity index (χ4v) is 0.752. The SMILES string of the molecule is Cc1ccn(CCC#N)n1. The zero-order valence-electron chi connectivity index (χ0n) is 5.91. The number of aryl methyl sites for hydroxylation is 2. The van der Waals surface area contributed by atoms with Crippen molar-refractivity contribution < 1.29 is 0 Å². The first-order valence-electron chi connectivity index (χ1n) is 3.20. The van der Waals surface area contributed by atoms with E-state index in [1.165, 1.54) is 0 Å². The summed E-state index contributed by atoms with van der Waals surface area (Å²) < 4.78 is 1.78. The first-order chi connectivity index (χ1) is 4.83. The van der Waals surface area contributed by atoms with Gasteiger partial charge in [-0.25, -0.2) is 0 Å². The third-order valence-electron chi connectivity index (χ3n) is 1.23. The van der Waals surface area contributed by atoms with Gasteiger partial charge in [-0.3, -0.25) is 4.68 Å². The van der Waals surface area contributed by atoms with E-state index in [0.717, 1.165) is 5.69 Å². The van der Waals surface area contributed by atoms with E-state index in [9.17, 15) is 0 Å². The second-order valence-electron chi connectivity index (χ2n) is 2.13. The van der Waals surface area contributed by atoms with Crippen molar-refractivity contribution in [1.29, 1.82) is 5.26 Å². The molecule has 0 saturated heterocycles. The monoisotopic (exact) mass is 135 g/mol. The van der Waals surface area contributed by atoms with Crippen LogP contribution in [0.25, 0.3) is 0 Å². The lowest BCUT2D eigenvalue weighted by molar-refractivity contribution is 0.622. The maximum Gasteiger partial charge on any atom is 0.0641 e. The van der Waals surface area contributed by atoms with Gasteiger partial charge in [0, 0.05) is 6.20 Å². The Balaban J connectivity index is 2.52. The van der Waals surface area contributed by atoms with Gasteiger partial charge in [-0.05, 0) is 13.0 Å². The highest BCUT2D eigenvalue weighted by Crippen LogP contribution is 1.93. The minimum absolute atomic E-state index is 0.529. The predicted octanol–water partition coefficient (Wildman–Crippen LogP) is 1.11. The van der Waals surface area contributed by atoms with Crippen LogP contribution in [0.2, 0.25) is 0 Å². The number of hydrogen-bond acceptors (Lipinski definition) is 2. The molecule has 0 atom stereocenters. The summed E-state index contributed by atoms with van der Waals surface area (Å²) in [6.07, 6.45) is 2.41. The summed E-state index contributed by atoms with van der Waals surface area (Å²) in [4.78, 5) is 0. The van der Waals surface area contributed by atoms with Crippen LogP contribution in [-0.2, 0) is 6.54 Å². The molecule has 1 heterocycles. The topological polar surface area (TPSA) is 41.6 Å². The molecule has 0 radical (unpaired) electrons. The van der Waals surface area contributed by atoms with Gasteiger partial charge >= 0.3 is 0 Å². The molecule has 52 valence electrons. The average molecular weight is 135 g/mol. The number of hydrogen-bond donors (Lipinski definition) is 0. The molecule has 0 N–H and O–H groups in total. The van der Waals surface area contributed by atoms with Crippen molar-refractivity contribution in [1.82, 2.24) is 9.78 Å². The summed E-state index contributed by atoms with van der Waals surface area (Å²) in [6, 6.07) is 3.99. The smallest absolute Gasteiger partial charge is 0.0641 e. The molecule has 3 nitrogen and oxygen atoms in total. The van der Waals surface area contributed by atoms with Crippen LogP contribution < -0.4 is 0 Å². The summed E-state index contributed by atoms with van der Waals surface area (Å²) in [6.45, 7) is 2.63. The van der Waals surface area contributed by atoms with E-state index in [4.69, 9.17) is 5.26 Å². The van der Waals surface area contributed by atoms with Crippen molar-refractivity contribution in [2.75, 3.05) is 0 Å². The van der Waals surface area contributed by atoms with Crippen molar-refractivity contribution in [3.8, 4) is 6.07 Å². The lowest BCUT2D eigenvalue weighted by Crippen LogP contribution is -1.97. The third-order valence-corrected chi connectivity index (χ3v) is 1.23. The molecule has 0 amide bonds. The lowest BCUT2D eigenvalue weighted by Gasteiger charge is -1.92. The normalized spacial score (nSPS) is 9.20. The second-order valence-corrected chi connectivity index (χ2v) is 2.13. The molecule has 1 aromatic heterocycles. The van der Waals surface area contributed by atoms with Crippen molar-refractivity contribution in [3.05, 3.63) is 18.0 Å². The van der Waals surface area contributed by atoms with Crippen LogP contribution in [0.4, 0.5) is 0 Å². The Labute approximate surface area is 59.9 Å². The van der Waals surface area contributed by atoms with Gasteiger partial charge in [-0.1, -0.05) is 0 Å². The Morgan fingerprint density at radius 1 is 1.80 bits per heavy atom. The molecule has 10 heavy (non-hydrogen) atoms. The number of rotatable bonds is 2. The summed E-state index contributed by atoms with van der Waals surface area (Å²) in [7, 11) is 0. The molecule has 0 spiro atoms. The van der Waals surface area contributed by atoms with Gasteiger partial charge in [0.15, 0.2) is 0 Å². The lowest BCUT2D eigenvalue weighted by atomic mass is 10.5. The van der Waals surface area contributed by atoms with Gasteiger partial charge in [-0.15, -0.1) is 0 Å². The Bertz CT molecular complexity index is 244. The fourth-order valence-electron chi connectivity index (χ4n) is 0.752. The highest BCUT2D eigenvalue weighted by molar-refractivity contribution is 4.94. The Hall–Kier alpha value is -1.30. The molecule has 0 aliphatic heterocycles. The van der Waals surface area contributed by atoms with Crippen molar-refractivity contribution >= 4 is 0 Å². The molecule has 1 aromatic rings. The van der Waals surface area contributed by atoms with E-state index in [2.05, 4.69) is 11.2 Å². The quantitative estimate of drug-likeness (QED) is 0.609. The summed E-state index contributed by atoms with van der Waals surface area (Å²) in [5.41, 5.74) is 0.998. The first-order valence-corrected chi connectivity index (χ1v) is 3.20. The van der Waals surface area contributed by atoms with Crippen molar-refractivity contribution in [3.63, 3.8) is 0 Å². The van der Waals surface area contributed by atoms with Gasteiger partial charge in [0.1, 0.15) is 0 Å². The molecule has 0 unspecified atom stereocenters. The maximum atomic E-state index is 8.24. The van der Waals surface area contributed by atoms with Crippen LogP contribution in [0, 0.1) is 18.3 Å². The summed E-state index contributed by atoms with van der Waals surface area (Å²) in [5, 5.41) is 12.4. The van der Waals surface area contributed by atoms with E-state index in [1.54, 1.807) is 4.68 Å². The molecule has 0 aromatic carbocycles. The van der Waals surface area contributed by atoms with Crippen LogP contribution in [0.15, 0.2) is 12.3 Å². The first kappa shape index (κ1) is 6.81. The Kier molecular flexibility index (Phi) is 2.06. The zero-order chi connectivity index (χ0) is 7.40. The minimum Gasteiger partial charge on any atom is -0.271 e. The zero-order valence-corrected chi connectivity index (χ0v) is 5.91. The molecule has 1 rings (SSSR count). The number of nitriles is 1. The molecule has 0 bridgehead atoms. The van der Waals surface area contributed by atoms with Crippen molar-refractivity contribution in [2.45, 2.75) is 19.9 Å². The van der Waals surface area contributed by atoms with Gasteiger partial charge in [0.25, 0.3) is 0 Å². The van der Waals surface area contributed by atoms with Crippen LogP contribution >= 0.6 is 0 Å². The Morgan fingerprint density at radius 3 is 3.10 bits per heavy atom. The second kappa shape index (κ2) is 3.02. The van der Waals surface area contributed by atoms with Crippen molar-refractivity contribution in [2.24, 2.45) is 0 Å². The minimum atomic E-state index is 0.529. The number of aromatic nitrogens is 2. The molecule has 0 aliphatic carbocycles. The average Bonchev–Trinajstić information content (AvgIpc) is 2.31. The molecular formula is C7H9N3. The van der Waals surface area contributed by atoms with Gasteiger partial charge in [-0.2, -0.15) is 10.4 Å². The van der Waals surface area contributed by atoms with E-state index < -0.39 is 0 Å². The highest BCUT2D eigenvalue weighted by atomic mass is 15.3. The third kappa shape index (κ3) is 1.59. The van der Waals surface area contributed by atoms with E-state index in [-0.39, 0.29) is 0 Å². The van der Waals surface area contributed by atoms with Gasteiger partial charge in [0.05, 0.1) is 24.7 Å². The maximum absolute atomic E-state index is 8.24. The molecule has 0 saturated carbocycles. The summed E-state index contributed by atoms with van der Waals surface area (Å²) >= 11 is 0. The fraction of sp³-hybridized carbons (Fsp3) is 0.429. The van der Waals surface area contributed by atoms with Crippen LogP contribution in [0.1, 0.15) is 12.1 Å². The molecule has 0 aliphatic rings. The van der Waals surface area contributed by atoms with Gasteiger partial charge < -0.3 is 0 Å². The van der Waals surface area contributed by atoms with E-state index in [1.807, 2.05) is 19.2 Å². The Morgan fingerprint density at radius 2 is 2.60 bits per heavy atom.